The molecule has 3 rings (SSSR count). The fourth-order valence-electron chi connectivity index (χ4n) is 2.58. The first-order chi connectivity index (χ1) is 12.3. The minimum absolute atomic E-state index is 0.0800. The van der Waals surface area contributed by atoms with Gasteiger partial charge in [0.15, 0.2) is 0 Å². The molecule has 0 unspecified atom stereocenters. The highest BCUT2D eigenvalue weighted by Crippen LogP contribution is 2.28. The normalized spacial score (nSPS) is 10.8. The zero-order valence-corrected chi connectivity index (χ0v) is 15.8. The molecule has 1 heterocycles. The molecule has 1 aromatic heterocycles. The van der Waals surface area contributed by atoms with Crippen LogP contribution in [0.4, 0.5) is 5.69 Å². The molecule has 0 atom stereocenters. The van der Waals surface area contributed by atoms with Crippen LogP contribution in [-0.2, 0) is 6.54 Å². The lowest BCUT2D eigenvalue weighted by molar-refractivity contribution is 0.102. The van der Waals surface area contributed by atoms with Crippen LogP contribution in [0.1, 0.15) is 27.2 Å². The molecule has 2 aromatic carbocycles. The van der Waals surface area contributed by atoms with Gasteiger partial charge in [0.25, 0.3) is 5.91 Å². The molecule has 7 heteroatoms. The predicted octanol–water partition coefficient (Wildman–Crippen LogP) is 4.81. The van der Waals surface area contributed by atoms with E-state index in [0.717, 1.165) is 11.1 Å². The van der Waals surface area contributed by atoms with Gasteiger partial charge in [0.2, 0.25) is 0 Å². The number of phenolic OH excluding ortho intramolecular Hbond substituents is 1. The zero-order valence-electron chi connectivity index (χ0n) is 14.3. The second kappa shape index (κ2) is 7.40. The minimum Gasteiger partial charge on any atom is -0.506 e. The Bertz CT molecular complexity index is 966. The standard InChI is InChI=1S/C19H17Cl2N3O2/c1-11-3-5-13(6-4-11)10-24-18(21)17(12(2)23-24)19(26)22-15-9-14(20)7-8-16(15)25/h3-9,25H,10H2,1-2H3,(H,22,26). The molecule has 0 aliphatic carbocycles. The Kier molecular flexibility index (Phi) is 5.20. The first-order valence-corrected chi connectivity index (χ1v) is 8.69. The number of amides is 1. The molecule has 0 saturated carbocycles. The van der Waals surface area contributed by atoms with E-state index in [1.54, 1.807) is 11.6 Å². The quantitative estimate of drug-likeness (QED) is 0.628. The molecular weight excluding hydrogens is 373 g/mol. The molecular formula is C19H17Cl2N3O2. The van der Waals surface area contributed by atoms with Crippen LogP contribution in [0.3, 0.4) is 0 Å². The van der Waals surface area contributed by atoms with Crippen molar-refractivity contribution in [2.24, 2.45) is 0 Å². The van der Waals surface area contributed by atoms with E-state index < -0.39 is 5.91 Å². The van der Waals surface area contributed by atoms with E-state index in [2.05, 4.69) is 10.4 Å². The number of rotatable bonds is 4. The third-order valence-corrected chi connectivity index (χ3v) is 4.57. The Balaban J connectivity index is 1.86. The van der Waals surface area contributed by atoms with E-state index in [-0.39, 0.29) is 22.2 Å². The summed E-state index contributed by atoms with van der Waals surface area (Å²) in [6, 6.07) is 12.4. The number of nitrogens with zero attached hydrogens (tertiary/aromatic N) is 2. The molecule has 134 valence electrons. The first kappa shape index (κ1) is 18.3. The number of phenols is 1. The number of carbonyl (C=O) groups excluding carboxylic acids is 1. The van der Waals surface area contributed by atoms with Gasteiger partial charge in [-0.25, -0.2) is 4.68 Å². The maximum Gasteiger partial charge on any atom is 0.260 e. The highest BCUT2D eigenvalue weighted by Gasteiger charge is 2.21. The Morgan fingerprint density at radius 1 is 1.15 bits per heavy atom. The van der Waals surface area contributed by atoms with Crippen LogP contribution in [0.15, 0.2) is 42.5 Å². The number of aromatic hydroxyl groups is 1. The van der Waals surface area contributed by atoms with Crippen molar-refractivity contribution in [3.8, 4) is 5.75 Å². The number of aryl methyl sites for hydroxylation is 2. The van der Waals surface area contributed by atoms with E-state index in [0.29, 0.717) is 17.3 Å². The van der Waals surface area contributed by atoms with Gasteiger partial charge >= 0.3 is 0 Å². The van der Waals surface area contributed by atoms with Crippen LogP contribution >= 0.6 is 23.2 Å². The average molecular weight is 390 g/mol. The second-order valence-corrected chi connectivity index (χ2v) is 6.80. The fourth-order valence-corrected chi connectivity index (χ4v) is 3.07. The van der Waals surface area contributed by atoms with Crippen molar-refractivity contribution in [1.29, 1.82) is 0 Å². The third kappa shape index (κ3) is 3.84. The largest absolute Gasteiger partial charge is 0.506 e. The van der Waals surface area contributed by atoms with E-state index in [1.807, 2.05) is 31.2 Å². The van der Waals surface area contributed by atoms with Crippen molar-refractivity contribution in [2.75, 3.05) is 5.32 Å². The summed E-state index contributed by atoms with van der Waals surface area (Å²) in [4.78, 5) is 12.6. The first-order valence-electron chi connectivity index (χ1n) is 7.93. The Morgan fingerprint density at radius 3 is 2.54 bits per heavy atom. The number of halogens is 2. The lowest BCUT2D eigenvalue weighted by atomic mass is 10.1. The van der Waals surface area contributed by atoms with Gasteiger partial charge in [0.05, 0.1) is 23.5 Å². The van der Waals surface area contributed by atoms with E-state index in [4.69, 9.17) is 23.2 Å². The molecule has 0 aliphatic rings. The number of benzene rings is 2. The Morgan fingerprint density at radius 2 is 1.85 bits per heavy atom. The van der Waals surface area contributed by atoms with Crippen molar-refractivity contribution < 1.29 is 9.90 Å². The van der Waals surface area contributed by atoms with Crippen LogP contribution < -0.4 is 5.32 Å². The van der Waals surface area contributed by atoms with Crippen LogP contribution in [0.25, 0.3) is 0 Å². The maximum atomic E-state index is 12.6. The molecule has 1 amide bonds. The molecule has 3 aromatic rings. The summed E-state index contributed by atoms with van der Waals surface area (Å²) in [6.07, 6.45) is 0. The van der Waals surface area contributed by atoms with Crippen molar-refractivity contribution >= 4 is 34.8 Å². The molecule has 0 radical (unpaired) electrons. The van der Waals surface area contributed by atoms with Gasteiger partial charge in [0.1, 0.15) is 10.9 Å². The fraction of sp³-hybridized carbons (Fsp3) is 0.158. The van der Waals surface area contributed by atoms with Gasteiger partial charge in [0, 0.05) is 5.02 Å². The lowest BCUT2D eigenvalue weighted by Gasteiger charge is -2.08. The highest BCUT2D eigenvalue weighted by atomic mass is 35.5. The number of anilines is 1. The molecule has 0 fully saturated rings. The molecule has 0 saturated heterocycles. The number of carbonyl (C=O) groups is 1. The molecule has 5 nitrogen and oxygen atoms in total. The number of aromatic nitrogens is 2. The molecule has 26 heavy (non-hydrogen) atoms. The summed E-state index contributed by atoms with van der Waals surface area (Å²) in [5.74, 6) is -0.538. The average Bonchev–Trinajstić information content (AvgIpc) is 2.87. The SMILES string of the molecule is Cc1ccc(Cn2nc(C)c(C(=O)Nc3cc(Cl)ccc3O)c2Cl)cc1. The summed E-state index contributed by atoms with van der Waals surface area (Å²) in [5.41, 5.74) is 3.17. The van der Waals surface area contributed by atoms with Gasteiger partial charge in [-0.1, -0.05) is 53.0 Å². The predicted molar refractivity (Wildman–Crippen MR) is 103 cm³/mol. The van der Waals surface area contributed by atoms with Crippen molar-refractivity contribution in [3.05, 3.63) is 75.0 Å². The minimum atomic E-state index is -0.458. The van der Waals surface area contributed by atoms with Crippen LogP contribution in [0.5, 0.6) is 5.75 Å². The van der Waals surface area contributed by atoms with E-state index in [1.165, 1.54) is 18.2 Å². The highest BCUT2D eigenvalue weighted by molar-refractivity contribution is 6.34. The maximum absolute atomic E-state index is 12.6. The van der Waals surface area contributed by atoms with Gasteiger partial charge < -0.3 is 10.4 Å². The molecule has 0 spiro atoms. The summed E-state index contributed by atoms with van der Waals surface area (Å²) in [5, 5.41) is 17.5. The number of hydrogen-bond acceptors (Lipinski definition) is 3. The summed E-state index contributed by atoms with van der Waals surface area (Å²) in [6.45, 7) is 4.18. The monoisotopic (exact) mass is 389 g/mol. The van der Waals surface area contributed by atoms with Crippen LogP contribution in [0, 0.1) is 13.8 Å². The summed E-state index contributed by atoms with van der Waals surface area (Å²) >= 11 is 12.3. The van der Waals surface area contributed by atoms with E-state index in [9.17, 15) is 9.90 Å². The van der Waals surface area contributed by atoms with Crippen molar-refractivity contribution in [2.45, 2.75) is 20.4 Å². The molecule has 0 aliphatic heterocycles. The molecule has 0 bridgehead atoms. The summed E-state index contributed by atoms with van der Waals surface area (Å²) in [7, 11) is 0. The van der Waals surface area contributed by atoms with Crippen LogP contribution in [-0.4, -0.2) is 20.8 Å². The lowest BCUT2D eigenvalue weighted by Crippen LogP contribution is -2.13. The van der Waals surface area contributed by atoms with Gasteiger partial charge in [-0.2, -0.15) is 5.10 Å². The summed E-state index contributed by atoms with van der Waals surface area (Å²) < 4.78 is 1.58. The van der Waals surface area contributed by atoms with E-state index >= 15 is 0 Å². The van der Waals surface area contributed by atoms with Crippen molar-refractivity contribution in [1.82, 2.24) is 9.78 Å². The third-order valence-electron chi connectivity index (χ3n) is 3.95. The number of nitrogens with one attached hydrogen (secondary N) is 1. The Hall–Kier alpha value is -2.50. The topological polar surface area (TPSA) is 67.2 Å². The van der Waals surface area contributed by atoms with Gasteiger partial charge in [-0.15, -0.1) is 0 Å². The zero-order chi connectivity index (χ0) is 18.8. The van der Waals surface area contributed by atoms with Crippen LogP contribution in [0.2, 0.25) is 10.2 Å². The number of hydrogen-bond donors (Lipinski definition) is 2. The Labute approximate surface area is 161 Å². The van der Waals surface area contributed by atoms with Crippen molar-refractivity contribution in [3.63, 3.8) is 0 Å². The smallest absolute Gasteiger partial charge is 0.260 e. The van der Waals surface area contributed by atoms with Gasteiger partial charge in [-0.05, 0) is 37.6 Å². The molecule has 2 N–H and O–H groups in total. The van der Waals surface area contributed by atoms with Gasteiger partial charge in [-0.3, -0.25) is 4.79 Å². The second-order valence-electron chi connectivity index (χ2n) is 6.01.